The molecule has 0 atom stereocenters. The van der Waals surface area contributed by atoms with Gasteiger partial charge in [0.2, 0.25) is 0 Å². The maximum absolute atomic E-state index is 5.34. The molecule has 0 saturated carbocycles. The van der Waals surface area contributed by atoms with E-state index in [9.17, 15) is 0 Å². The number of nitrogens with one attached hydrogen (secondary N) is 1. The van der Waals surface area contributed by atoms with E-state index >= 15 is 0 Å². The summed E-state index contributed by atoms with van der Waals surface area (Å²) in [5.41, 5.74) is 7.60. The van der Waals surface area contributed by atoms with Crippen LogP contribution in [-0.4, -0.2) is 11.3 Å². The van der Waals surface area contributed by atoms with Crippen LogP contribution in [0.2, 0.25) is 0 Å². The molecule has 0 spiro atoms. The van der Waals surface area contributed by atoms with Crippen LogP contribution in [0.15, 0.2) is 21.7 Å². The number of thiocarbonyl (C=S) groups is 1. The number of hydrazone groups is 1. The van der Waals surface area contributed by atoms with Crippen LogP contribution in [0.1, 0.15) is 18.4 Å². The molecule has 1 heterocycles. The number of nitrogens with zero attached hydrogens (tertiary/aromatic N) is 1. The minimum Gasteiger partial charge on any atom is -0.460 e. The number of hydrogen-bond acceptors (Lipinski definition) is 3. The molecule has 1 rings (SSSR count). The number of rotatable bonds is 3. The minimum atomic E-state index is 0.138. The molecule has 0 aliphatic heterocycles. The van der Waals surface area contributed by atoms with Gasteiger partial charge in [-0.1, -0.05) is 6.92 Å². The first-order chi connectivity index (χ1) is 6.22. The third kappa shape index (κ3) is 3.25. The van der Waals surface area contributed by atoms with E-state index in [4.69, 9.17) is 10.2 Å². The van der Waals surface area contributed by atoms with Crippen molar-refractivity contribution >= 4 is 23.5 Å². The number of furan rings is 1. The Morgan fingerprint density at radius 3 is 3.08 bits per heavy atom. The predicted octanol–water partition coefficient (Wildman–Crippen LogP) is 1.01. The highest BCUT2D eigenvalue weighted by atomic mass is 32.1. The van der Waals surface area contributed by atoms with Crippen molar-refractivity contribution in [2.45, 2.75) is 13.3 Å². The monoisotopic (exact) mass is 197 g/mol. The average Bonchev–Trinajstić information content (AvgIpc) is 2.52. The Kier molecular flexibility index (Phi) is 3.45. The zero-order valence-corrected chi connectivity index (χ0v) is 8.10. The van der Waals surface area contributed by atoms with Crippen molar-refractivity contribution in [3.05, 3.63) is 23.7 Å². The molecule has 13 heavy (non-hydrogen) atoms. The smallest absolute Gasteiger partial charge is 0.184 e. The van der Waals surface area contributed by atoms with Crippen LogP contribution in [0.25, 0.3) is 0 Å². The SMILES string of the molecule is CCc1ccc(C=NNC(N)=S)o1. The van der Waals surface area contributed by atoms with Gasteiger partial charge in [0.05, 0.1) is 6.21 Å². The van der Waals surface area contributed by atoms with Crippen molar-refractivity contribution in [3.8, 4) is 0 Å². The van der Waals surface area contributed by atoms with Crippen molar-refractivity contribution in [2.24, 2.45) is 10.8 Å². The lowest BCUT2D eigenvalue weighted by Gasteiger charge is -1.91. The Balaban J connectivity index is 2.53. The highest BCUT2D eigenvalue weighted by Crippen LogP contribution is 2.05. The summed E-state index contributed by atoms with van der Waals surface area (Å²) in [5, 5.41) is 3.89. The van der Waals surface area contributed by atoms with Gasteiger partial charge in [0.1, 0.15) is 11.5 Å². The van der Waals surface area contributed by atoms with Crippen LogP contribution < -0.4 is 11.2 Å². The summed E-state index contributed by atoms with van der Waals surface area (Å²) in [6, 6.07) is 3.74. The fraction of sp³-hybridized carbons (Fsp3) is 0.250. The largest absolute Gasteiger partial charge is 0.460 e. The number of nitrogens with two attached hydrogens (primary N) is 1. The molecule has 0 aliphatic carbocycles. The van der Waals surface area contributed by atoms with Crippen LogP contribution in [0.5, 0.6) is 0 Å². The summed E-state index contributed by atoms with van der Waals surface area (Å²) in [6.07, 6.45) is 2.40. The topological polar surface area (TPSA) is 63.5 Å². The van der Waals surface area contributed by atoms with Gasteiger partial charge in [-0.2, -0.15) is 5.10 Å². The second-order valence-corrected chi connectivity index (χ2v) is 2.83. The van der Waals surface area contributed by atoms with Crippen molar-refractivity contribution in [1.29, 1.82) is 0 Å². The molecule has 0 aromatic carbocycles. The van der Waals surface area contributed by atoms with Crippen LogP contribution in [-0.2, 0) is 6.42 Å². The Morgan fingerprint density at radius 2 is 2.54 bits per heavy atom. The van der Waals surface area contributed by atoms with Crippen molar-refractivity contribution in [1.82, 2.24) is 5.43 Å². The minimum absolute atomic E-state index is 0.138. The van der Waals surface area contributed by atoms with Crippen LogP contribution in [0, 0.1) is 0 Å². The lowest BCUT2D eigenvalue weighted by molar-refractivity contribution is 0.510. The summed E-state index contributed by atoms with van der Waals surface area (Å²) < 4.78 is 5.34. The van der Waals surface area contributed by atoms with Gasteiger partial charge in [-0.25, -0.2) is 0 Å². The summed E-state index contributed by atoms with van der Waals surface area (Å²) >= 11 is 4.56. The van der Waals surface area contributed by atoms with Gasteiger partial charge in [-0.05, 0) is 24.4 Å². The molecule has 0 unspecified atom stereocenters. The molecule has 1 aromatic rings. The third-order valence-corrected chi connectivity index (χ3v) is 1.49. The molecule has 0 aliphatic rings. The van der Waals surface area contributed by atoms with Gasteiger partial charge in [0.25, 0.3) is 0 Å². The quantitative estimate of drug-likeness (QED) is 0.431. The fourth-order valence-corrected chi connectivity index (χ4v) is 0.866. The first kappa shape index (κ1) is 9.73. The molecular formula is C8H11N3OS. The lowest BCUT2D eigenvalue weighted by atomic mass is 10.4. The molecule has 0 amide bonds. The van der Waals surface area contributed by atoms with Gasteiger partial charge >= 0.3 is 0 Å². The van der Waals surface area contributed by atoms with Gasteiger partial charge in [0.15, 0.2) is 5.11 Å². The molecule has 0 bridgehead atoms. The number of aryl methyl sites for hydroxylation is 1. The van der Waals surface area contributed by atoms with E-state index < -0.39 is 0 Å². The summed E-state index contributed by atoms with van der Waals surface area (Å²) in [5.74, 6) is 1.61. The zero-order chi connectivity index (χ0) is 9.68. The predicted molar refractivity (Wildman–Crippen MR) is 55.6 cm³/mol. The van der Waals surface area contributed by atoms with E-state index in [1.165, 1.54) is 6.21 Å². The molecule has 70 valence electrons. The maximum atomic E-state index is 5.34. The standard InChI is InChI=1S/C8H11N3OS/c1-2-6-3-4-7(12-6)5-10-11-8(9)13/h3-5H,2H2,1H3,(H3,9,11,13). The number of hydrogen-bond donors (Lipinski definition) is 2. The summed E-state index contributed by atoms with van der Waals surface area (Å²) in [6.45, 7) is 2.02. The molecule has 0 radical (unpaired) electrons. The Hall–Kier alpha value is -1.36. The first-order valence-electron chi connectivity index (χ1n) is 3.89. The van der Waals surface area contributed by atoms with Crippen molar-refractivity contribution < 1.29 is 4.42 Å². The zero-order valence-electron chi connectivity index (χ0n) is 7.28. The molecule has 4 nitrogen and oxygen atoms in total. The maximum Gasteiger partial charge on any atom is 0.184 e. The summed E-state index contributed by atoms with van der Waals surface area (Å²) in [4.78, 5) is 0. The van der Waals surface area contributed by atoms with Gasteiger partial charge in [-0.3, -0.25) is 5.43 Å². The van der Waals surface area contributed by atoms with Gasteiger partial charge < -0.3 is 10.2 Å². The summed E-state index contributed by atoms with van der Waals surface area (Å²) in [7, 11) is 0. The second-order valence-electron chi connectivity index (χ2n) is 2.39. The Labute approximate surface area is 81.8 Å². The van der Waals surface area contributed by atoms with Gasteiger partial charge in [0, 0.05) is 6.42 Å². The normalized spacial score (nSPS) is 10.5. The lowest BCUT2D eigenvalue weighted by Crippen LogP contribution is -2.23. The fourth-order valence-electron chi connectivity index (χ4n) is 0.813. The van der Waals surface area contributed by atoms with E-state index in [-0.39, 0.29) is 5.11 Å². The highest BCUT2D eigenvalue weighted by molar-refractivity contribution is 7.80. The third-order valence-electron chi connectivity index (χ3n) is 1.40. The van der Waals surface area contributed by atoms with Crippen LogP contribution >= 0.6 is 12.2 Å². The van der Waals surface area contributed by atoms with Gasteiger partial charge in [-0.15, -0.1) is 0 Å². The Morgan fingerprint density at radius 1 is 1.77 bits per heavy atom. The van der Waals surface area contributed by atoms with Crippen LogP contribution in [0.3, 0.4) is 0 Å². The van der Waals surface area contributed by atoms with E-state index in [1.807, 2.05) is 19.1 Å². The van der Waals surface area contributed by atoms with E-state index in [2.05, 4.69) is 22.7 Å². The molecule has 3 N–H and O–H groups in total. The second kappa shape index (κ2) is 4.61. The van der Waals surface area contributed by atoms with E-state index in [1.54, 1.807) is 0 Å². The van der Waals surface area contributed by atoms with E-state index in [0.717, 1.165) is 12.2 Å². The van der Waals surface area contributed by atoms with Crippen molar-refractivity contribution in [2.75, 3.05) is 0 Å². The van der Waals surface area contributed by atoms with Crippen molar-refractivity contribution in [3.63, 3.8) is 0 Å². The molecule has 5 heteroatoms. The first-order valence-corrected chi connectivity index (χ1v) is 4.30. The van der Waals surface area contributed by atoms with E-state index in [0.29, 0.717) is 5.76 Å². The Bertz CT molecular complexity index is 319. The molecule has 0 saturated heterocycles. The molecule has 0 fully saturated rings. The molecule has 1 aromatic heterocycles. The van der Waals surface area contributed by atoms with Crippen LogP contribution in [0.4, 0.5) is 0 Å². The average molecular weight is 197 g/mol. The highest BCUT2D eigenvalue weighted by Gasteiger charge is 1.95. The molecular weight excluding hydrogens is 186 g/mol.